The standard InChI is InChI=1S/C14H26O/c1-2-12-7-6-8-13(11-12)14(15)9-4-3-5-10-14/h12-13,15H,2-11H2,1H3. The van der Waals surface area contributed by atoms with Crippen LogP contribution in [0.25, 0.3) is 0 Å². The quantitative estimate of drug-likeness (QED) is 0.733. The Kier molecular flexibility index (Phi) is 3.71. The molecule has 0 spiro atoms. The van der Waals surface area contributed by atoms with Crippen molar-refractivity contribution in [2.75, 3.05) is 0 Å². The van der Waals surface area contributed by atoms with E-state index in [2.05, 4.69) is 6.92 Å². The van der Waals surface area contributed by atoms with Crippen molar-refractivity contribution in [1.82, 2.24) is 0 Å². The Morgan fingerprint density at radius 2 is 1.80 bits per heavy atom. The summed E-state index contributed by atoms with van der Waals surface area (Å²) in [4.78, 5) is 0. The third-order valence-corrected chi connectivity index (χ3v) is 4.84. The third-order valence-electron chi connectivity index (χ3n) is 4.84. The van der Waals surface area contributed by atoms with Crippen molar-refractivity contribution >= 4 is 0 Å². The molecule has 0 amide bonds. The molecule has 2 unspecified atom stereocenters. The lowest BCUT2D eigenvalue weighted by Gasteiger charge is -2.43. The summed E-state index contributed by atoms with van der Waals surface area (Å²) in [6, 6.07) is 0. The Morgan fingerprint density at radius 3 is 2.47 bits per heavy atom. The average Bonchev–Trinajstić information content (AvgIpc) is 2.30. The maximum absolute atomic E-state index is 10.7. The molecule has 0 aromatic heterocycles. The molecule has 2 aliphatic rings. The molecule has 88 valence electrons. The van der Waals surface area contributed by atoms with E-state index in [4.69, 9.17) is 0 Å². The summed E-state index contributed by atoms with van der Waals surface area (Å²) >= 11 is 0. The Balaban J connectivity index is 1.95. The van der Waals surface area contributed by atoms with Crippen LogP contribution in [-0.4, -0.2) is 10.7 Å². The molecule has 2 atom stereocenters. The zero-order valence-electron chi connectivity index (χ0n) is 10.2. The smallest absolute Gasteiger partial charge is 0.0675 e. The van der Waals surface area contributed by atoms with Gasteiger partial charge in [0.15, 0.2) is 0 Å². The van der Waals surface area contributed by atoms with Gasteiger partial charge in [0.05, 0.1) is 5.60 Å². The average molecular weight is 210 g/mol. The van der Waals surface area contributed by atoms with Gasteiger partial charge in [0.25, 0.3) is 0 Å². The highest BCUT2D eigenvalue weighted by molar-refractivity contribution is 4.91. The van der Waals surface area contributed by atoms with Gasteiger partial charge in [-0.15, -0.1) is 0 Å². The Bertz CT molecular complexity index is 194. The van der Waals surface area contributed by atoms with Gasteiger partial charge in [0, 0.05) is 0 Å². The van der Waals surface area contributed by atoms with Crippen molar-refractivity contribution < 1.29 is 5.11 Å². The highest BCUT2D eigenvalue weighted by atomic mass is 16.3. The van der Waals surface area contributed by atoms with E-state index in [9.17, 15) is 5.11 Å². The molecule has 0 aromatic carbocycles. The van der Waals surface area contributed by atoms with Crippen LogP contribution in [0.15, 0.2) is 0 Å². The molecule has 2 saturated carbocycles. The predicted molar refractivity (Wildman–Crippen MR) is 63.8 cm³/mol. The van der Waals surface area contributed by atoms with Gasteiger partial charge in [-0.1, -0.05) is 45.4 Å². The van der Waals surface area contributed by atoms with Crippen LogP contribution < -0.4 is 0 Å². The van der Waals surface area contributed by atoms with Gasteiger partial charge < -0.3 is 5.11 Å². The number of hydrogen-bond acceptors (Lipinski definition) is 1. The van der Waals surface area contributed by atoms with Crippen molar-refractivity contribution in [3.63, 3.8) is 0 Å². The van der Waals surface area contributed by atoms with E-state index in [1.807, 2.05) is 0 Å². The van der Waals surface area contributed by atoms with Crippen molar-refractivity contribution in [1.29, 1.82) is 0 Å². The maximum atomic E-state index is 10.7. The number of aliphatic hydroxyl groups is 1. The number of rotatable bonds is 2. The fourth-order valence-corrected chi connectivity index (χ4v) is 3.72. The van der Waals surface area contributed by atoms with Crippen LogP contribution in [0.3, 0.4) is 0 Å². The summed E-state index contributed by atoms with van der Waals surface area (Å²) in [5.41, 5.74) is -0.272. The molecule has 1 N–H and O–H groups in total. The Hall–Kier alpha value is -0.0400. The van der Waals surface area contributed by atoms with Crippen LogP contribution in [-0.2, 0) is 0 Å². The Labute approximate surface area is 94.3 Å². The van der Waals surface area contributed by atoms with Crippen molar-refractivity contribution in [2.45, 2.75) is 76.7 Å². The molecule has 0 radical (unpaired) electrons. The normalized spacial score (nSPS) is 36.4. The molecular formula is C14H26O. The Morgan fingerprint density at radius 1 is 1.07 bits per heavy atom. The van der Waals surface area contributed by atoms with E-state index in [0.717, 1.165) is 18.8 Å². The third kappa shape index (κ3) is 2.55. The molecule has 2 rings (SSSR count). The van der Waals surface area contributed by atoms with E-state index >= 15 is 0 Å². The highest BCUT2D eigenvalue weighted by Crippen LogP contribution is 2.43. The van der Waals surface area contributed by atoms with Gasteiger partial charge >= 0.3 is 0 Å². The van der Waals surface area contributed by atoms with Crippen molar-refractivity contribution in [3.05, 3.63) is 0 Å². The minimum absolute atomic E-state index is 0.272. The van der Waals surface area contributed by atoms with Crippen LogP contribution in [0.1, 0.15) is 71.1 Å². The van der Waals surface area contributed by atoms with Gasteiger partial charge in [0.1, 0.15) is 0 Å². The van der Waals surface area contributed by atoms with E-state index < -0.39 is 0 Å². The molecule has 0 bridgehead atoms. The molecular weight excluding hydrogens is 184 g/mol. The molecule has 15 heavy (non-hydrogen) atoms. The highest BCUT2D eigenvalue weighted by Gasteiger charge is 2.39. The second-order valence-corrected chi connectivity index (χ2v) is 5.80. The molecule has 0 heterocycles. The van der Waals surface area contributed by atoms with Crippen molar-refractivity contribution in [2.24, 2.45) is 11.8 Å². The lowest BCUT2D eigenvalue weighted by molar-refractivity contribution is -0.0682. The van der Waals surface area contributed by atoms with Crippen LogP contribution in [0.2, 0.25) is 0 Å². The fourth-order valence-electron chi connectivity index (χ4n) is 3.72. The summed E-state index contributed by atoms with van der Waals surface area (Å²) in [7, 11) is 0. The first kappa shape index (κ1) is 11.4. The van der Waals surface area contributed by atoms with E-state index in [-0.39, 0.29) is 5.60 Å². The minimum atomic E-state index is -0.272. The molecule has 2 fully saturated rings. The van der Waals surface area contributed by atoms with Crippen molar-refractivity contribution in [3.8, 4) is 0 Å². The first-order chi connectivity index (χ1) is 7.24. The topological polar surface area (TPSA) is 20.2 Å². The van der Waals surface area contributed by atoms with Gasteiger partial charge in [-0.2, -0.15) is 0 Å². The fraction of sp³-hybridized carbons (Fsp3) is 1.00. The summed E-state index contributed by atoms with van der Waals surface area (Å²) in [5, 5.41) is 10.7. The largest absolute Gasteiger partial charge is 0.390 e. The zero-order valence-corrected chi connectivity index (χ0v) is 10.2. The molecule has 0 aliphatic heterocycles. The monoisotopic (exact) mass is 210 g/mol. The molecule has 2 aliphatic carbocycles. The second kappa shape index (κ2) is 4.86. The van der Waals surface area contributed by atoms with E-state index in [1.165, 1.54) is 51.4 Å². The van der Waals surface area contributed by atoms with E-state index in [1.54, 1.807) is 0 Å². The number of hydrogen-bond donors (Lipinski definition) is 1. The van der Waals surface area contributed by atoms with Crippen LogP contribution in [0.5, 0.6) is 0 Å². The lowest BCUT2D eigenvalue weighted by Crippen LogP contribution is -2.42. The first-order valence-electron chi connectivity index (χ1n) is 6.97. The molecule has 1 heteroatoms. The van der Waals surface area contributed by atoms with Gasteiger partial charge in [-0.3, -0.25) is 0 Å². The minimum Gasteiger partial charge on any atom is -0.390 e. The lowest BCUT2D eigenvalue weighted by atomic mass is 9.67. The summed E-state index contributed by atoms with van der Waals surface area (Å²) in [6.07, 6.45) is 12.7. The van der Waals surface area contributed by atoms with Gasteiger partial charge in [-0.25, -0.2) is 0 Å². The van der Waals surface area contributed by atoms with E-state index in [0.29, 0.717) is 5.92 Å². The first-order valence-corrected chi connectivity index (χ1v) is 6.97. The summed E-state index contributed by atoms with van der Waals surface area (Å²) < 4.78 is 0. The SMILES string of the molecule is CCC1CCCC(C2(O)CCCCC2)C1. The van der Waals surface area contributed by atoms with Gasteiger partial charge in [0.2, 0.25) is 0 Å². The molecule has 1 nitrogen and oxygen atoms in total. The summed E-state index contributed by atoms with van der Waals surface area (Å²) in [6.45, 7) is 2.30. The molecule has 0 saturated heterocycles. The molecule has 0 aromatic rings. The maximum Gasteiger partial charge on any atom is 0.0675 e. The van der Waals surface area contributed by atoms with Gasteiger partial charge in [-0.05, 0) is 37.5 Å². The summed E-state index contributed by atoms with van der Waals surface area (Å²) in [5.74, 6) is 1.52. The predicted octanol–water partition coefficient (Wildman–Crippen LogP) is 3.90. The zero-order chi connectivity index (χ0) is 10.7. The van der Waals surface area contributed by atoms with Crippen LogP contribution >= 0.6 is 0 Å². The second-order valence-electron chi connectivity index (χ2n) is 5.80. The van der Waals surface area contributed by atoms with Crippen LogP contribution in [0, 0.1) is 11.8 Å². The van der Waals surface area contributed by atoms with Crippen LogP contribution in [0.4, 0.5) is 0 Å².